The minimum absolute atomic E-state index is 0.112. The fourth-order valence-electron chi connectivity index (χ4n) is 2.02. The van der Waals surface area contributed by atoms with Gasteiger partial charge in [0, 0.05) is 11.4 Å². The van der Waals surface area contributed by atoms with Gasteiger partial charge in [-0.3, -0.25) is 4.79 Å². The maximum Gasteiger partial charge on any atom is 0.153 e. The number of benzene rings is 1. The van der Waals surface area contributed by atoms with Gasteiger partial charge in [-0.25, -0.2) is 4.39 Å². The van der Waals surface area contributed by atoms with E-state index in [-0.39, 0.29) is 17.0 Å². The van der Waals surface area contributed by atoms with Gasteiger partial charge in [0.1, 0.15) is 5.82 Å². The smallest absolute Gasteiger partial charge is 0.153 e. The maximum absolute atomic E-state index is 13.6. The van der Waals surface area contributed by atoms with Crippen molar-refractivity contribution in [2.24, 2.45) is 0 Å². The number of halogens is 2. The Labute approximate surface area is 110 Å². The molecule has 1 atom stereocenters. The first-order valence-electron chi connectivity index (χ1n) is 5.62. The minimum Gasteiger partial charge on any atom is -0.298 e. The molecule has 1 heterocycles. The second-order valence-electron chi connectivity index (χ2n) is 4.52. The number of carbonyl (C=O) groups is 1. The first-order valence-corrected chi connectivity index (χ1v) is 6.99. The fraction of sp³-hybridized carbons (Fsp3) is 0.462. The lowest BCUT2D eigenvalue weighted by atomic mass is 9.95. The van der Waals surface area contributed by atoms with E-state index in [4.69, 9.17) is 11.6 Å². The van der Waals surface area contributed by atoms with Gasteiger partial charge in [-0.15, -0.1) is 11.8 Å². The van der Waals surface area contributed by atoms with E-state index in [2.05, 4.69) is 0 Å². The topological polar surface area (TPSA) is 17.1 Å². The summed E-state index contributed by atoms with van der Waals surface area (Å²) in [5.41, 5.74) is 0.438. The number of hydrogen-bond acceptors (Lipinski definition) is 2. The largest absolute Gasteiger partial charge is 0.298 e. The van der Waals surface area contributed by atoms with Gasteiger partial charge >= 0.3 is 0 Å². The molecule has 1 aliphatic rings. The minimum atomic E-state index is -0.391. The first kappa shape index (κ1) is 12.9. The van der Waals surface area contributed by atoms with Crippen LogP contribution in [-0.4, -0.2) is 16.3 Å². The van der Waals surface area contributed by atoms with Crippen LogP contribution in [0, 0.1) is 5.82 Å². The third-order valence-electron chi connectivity index (χ3n) is 3.17. The van der Waals surface area contributed by atoms with Gasteiger partial charge < -0.3 is 0 Å². The van der Waals surface area contributed by atoms with E-state index in [0.29, 0.717) is 10.6 Å². The molecular formula is C13H14ClFOS. The number of carbonyl (C=O) groups excluding carboxylic acids is 1. The third kappa shape index (κ3) is 2.83. The lowest BCUT2D eigenvalue weighted by Gasteiger charge is -2.20. The molecule has 1 aliphatic heterocycles. The summed E-state index contributed by atoms with van der Waals surface area (Å²) in [6.07, 6.45) is 2.12. The van der Waals surface area contributed by atoms with Gasteiger partial charge in [-0.1, -0.05) is 17.7 Å². The zero-order valence-corrected chi connectivity index (χ0v) is 11.2. The Hall–Kier alpha value is -0.540. The molecule has 1 nitrogen and oxygen atoms in total. The monoisotopic (exact) mass is 272 g/mol. The molecule has 0 aromatic heterocycles. The Morgan fingerprint density at radius 2 is 2.35 bits per heavy atom. The van der Waals surface area contributed by atoms with Crippen molar-refractivity contribution < 1.29 is 9.18 Å². The number of thioether (sulfide) groups is 1. The fourth-order valence-corrected chi connectivity index (χ4v) is 3.44. The van der Waals surface area contributed by atoms with Crippen molar-refractivity contribution in [2.75, 3.05) is 5.75 Å². The molecule has 1 fully saturated rings. The first-order chi connectivity index (χ1) is 8.01. The number of ketones is 1. The maximum atomic E-state index is 13.6. The standard InChI is InChI=1S/C13H14ClFOS/c1-13(5-2-6-17-13)12(16)7-9-3-4-10(14)8-11(9)15/h3-4,8H,2,5-7H2,1H3. The Balaban J connectivity index is 2.13. The van der Waals surface area contributed by atoms with E-state index >= 15 is 0 Å². The number of rotatable bonds is 3. The van der Waals surface area contributed by atoms with Gasteiger partial charge in [-0.2, -0.15) is 0 Å². The van der Waals surface area contributed by atoms with Gasteiger partial charge in [0.05, 0.1) is 4.75 Å². The highest BCUT2D eigenvalue weighted by atomic mass is 35.5. The molecule has 0 saturated carbocycles. The number of Topliss-reactive ketones (excluding diaryl/α,β-unsaturated/α-hetero) is 1. The summed E-state index contributed by atoms with van der Waals surface area (Å²) in [5, 5.41) is 0.361. The highest BCUT2D eigenvalue weighted by Crippen LogP contribution is 2.39. The average Bonchev–Trinajstić information content (AvgIpc) is 2.71. The van der Waals surface area contributed by atoms with Crippen LogP contribution >= 0.6 is 23.4 Å². The van der Waals surface area contributed by atoms with Crippen molar-refractivity contribution in [1.82, 2.24) is 0 Å². The second-order valence-corrected chi connectivity index (χ2v) is 6.55. The highest BCUT2D eigenvalue weighted by Gasteiger charge is 2.36. The van der Waals surface area contributed by atoms with Crippen molar-refractivity contribution in [1.29, 1.82) is 0 Å². The summed E-state index contributed by atoms with van der Waals surface area (Å²) in [4.78, 5) is 12.2. The molecule has 2 rings (SSSR count). The molecule has 0 bridgehead atoms. The SMILES string of the molecule is CC1(C(=O)Cc2ccc(Cl)cc2F)CCCS1. The highest BCUT2D eigenvalue weighted by molar-refractivity contribution is 8.01. The quantitative estimate of drug-likeness (QED) is 0.831. The summed E-state index contributed by atoms with van der Waals surface area (Å²) in [6.45, 7) is 1.96. The van der Waals surface area contributed by atoms with Crippen LogP contribution in [0.25, 0.3) is 0 Å². The van der Waals surface area contributed by atoms with Gasteiger partial charge in [0.15, 0.2) is 5.78 Å². The number of hydrogen-bond donors (Lipinski definition) is 0. The zero-order chi connectivity index (χ0) is 12.5. The van der Waals surface area contributed by atoms with Gasteiger partial charge in [-0.05, 0) is 43.2 Å². The molecular weight excluding hydrogens is 259 g/mol. The zero-order valence-electron chi connectivity index (χ0n) is 9.63. The molecule has 4 heteroatoms. The average molecular weight is 273 g/mol. The van der Waals surface area contributed by atoms with E-state index in [1.54, 1.807) is 23.9 Å². The molecule has 0 spiro atoms. The summed E-state index contributed by atoms with van der Waals surface area (Å²) in [6, 6.07) is 4.48. The molecule has 1 aromatic rings. The molecule has 17 heavy (non-hydrogen) atoms. The molecule has 1 aromatic carbocycles. The Kier molecular flexibility index (Phi) is 3.79. The van der Waals surface area contributed by atoms with Crippen LogP contribution in [0.3, 0.4) is 0 Å². The summed E-state index contributed by atoms with van der Waals surface area (Å²) >= 11 is 7.36. The van der Waals surface area contributed by atoms with Crippen molar-refractivity contribution in [2.45, 2.75) is 30.9 Å². The molecule has 1 unspecified atom stereocenters. The molecule has 0 amide bonds. The van der Waals surface area contributed by atoms with Crippen molar-refractivity contribution >= 4 is 29.1 Å². The van der Waals surface area contributed by atoms with Crippen LogP contribution in [0.15, 0.2) is 18.2 Å². The van der Waals surface area contributed by atoms with Crippen LogP contribution in [0.5, 0.6) is 0 Å². The van der Waals surface area contributed by atoms with Gasteiger partial charge in [0.25, 0.3) is 0 Å². The van der Waals surface area contributed by atoms with E-state index in [1.807, 2.05) is 6.92 Å². The summed E-state index contributed by atoms with van der Waals surface area (Å²) in [7, 11) is 0. The second kappa shape index (κ2) is 4.99. The van der Waals surface area contributed by atoms with Crippen molar-refractivity contribution in [3.05, 3.63) is 34.6 Å². The Morgan fingerprint density at radius 3 is 2.94 bits per heavy atom. The summed E-state index contributed by atoms with van der Waals surface area (Å²) in [5.74, 6) is 0.740. The van der Waals surface area contributed by atoms with E-state index in [1.165, 1.54) is 6.07 Å². The molecule has 0 N–H and O–H groups in total. The lowest BCUT2D eigenvalue weighted by Crippen LogP contribution is -2.30. The Bertz CT molecular complexity index is 441. The van der Waals surface area contributed by atoms with Crippen LogP contribution in [0.2, 0.25) is 5.02 Å². The molecule has 0 radical (unpaired) electrons. The van der Waals surface area contributed by atoms with Crippen LogP contribution in [-0.2, 0) is 11.2 Å². The van der Waals surface area contributed by atoms with E-state index in [0.717, 1.165) is 18.6 Å². The van der Waals surface area contributed by atoms with Crippen LogP contribution in [0.4, 0.5) is 4.39 Å². The third-order valence-corrected chi connectivity index (χ3v) is 4.97. The normalized spacial score (nSPS) is 23.9. The molecule has 92 valence electrons. The molecule has 1 saturated heterocycles. The predicted molar refractivity (Wildman–Crippen MR) is 70.2 cm³/mol. The lowest BCUT2D eigenvalue weighted by molar-refractivity contribution is -0.120. The Morgan fingerprint density at radius 1 is 1.59 bits per heavy atom. The van der Waals surface area contributed by atoms with Gasteiger partial charge in [0.2, 0.25) is 0 Å². The van der Waals surface area contributed by atoms with Crippen LogP contribution < -0.4 is 0 Å². The van der Waals surface area contributed by atoms with Crippen molar-refractivity contribution in [3.8, 4) is 0 Å². The van der Waals surface area contributed by atoms with E-state index < -0.39 is 5.82 Å². The predicted octanol–water partition coefficient (Wildman–Crippen LogP) is 3.88. The summed E-state index contributed by atoms with van der Waals surface area (Å²) < 4.78 is 13.3. The van der Waals surface area contributed by atoms with E-state index in [9.17, 15) is 9.18 Å². The van der Waals surface area contributed by atoms with Crippen molar-refractivity contribution in [3.63, 3.8) is 0 Å². The van der Waals surface area contributed by atoms with Crippen LogP contribution in [0.1, 0.15) is 25.3 Å². The molecule has 0 aliphatic carbocycles.